The smallest absolute Gasteiger partial charge is 0.227 e. The number of carbonyl (C=O) groups excluding carboxylic acids is 2. The quantitative estimate of drug-likeness (QED) is 0.883. The second-order valence-corrected chi connectivity index (χ2v) is 6.82. The molecule has 124 valence electrons. The third-order valence-electron chi connectivity index (χ3n) is 4.79. The minimum absolute atomic E-state index is 0.0478. The first-order chi connectivity index (χ1) is 11.0. The van der Waals surface area contributed by atoms with E-state index < -0.39 is 0 Å². The number of anilines is 1. The summed E-state index contributed by atoms with van der Waals surface area (Å²) in [6.45, 7) is 0.880. The fourth-order valence-electron chi connectivity index (χ4n) is 3.39. The third-order valence-corrected chi connectivity index (χ3v) is 5.04. The van der Waals surface area contributed by atoms with Crippen LogP contribution in [0.4, 0.5) is 5.69 Å². The lowest BCUT2D eigenvalue weighted by atomic mass is 10.0. The number of nitrogens with one attached hydrogen (secondary N) is 1. The Kier molecular flexibility index (Phi) is 4.87. The lowest BCUT2D eigenvalue weighted by Crippen LogP contribution is -2.37. The van der Waals surface area contributed by atoms with Crippen molar-refractivity contribution < 1.29 is 14.7 Å². The molecule has 3 atom stereocenters. The fraction of sp³-hybridized carbons (Fsp3) is 0.529. The zero-order valence-electron chi connectivity index (χ0n) is 12.9. The highest BCUT2D eigenvalue weighted by atomic mass is 35.5. The monoisotopic (exact) mass is 336 g/mol. The average Bonchev–Trinajstić information content (AvgIpc) is 3.12. The number of nitrogens with zero attached hydrogens (tertiary/aromatic N) is 1. The Morgan fingerprint density at radius 2 is 2.04 bits per heavy atom. The molecule has 0 aromatic heterocycles. The molecule has 2 aliphatic rings. The Morgan fingerprint density at radius 3 is 2.70 bits per heavy atom. The predicted molar refractivity (Wildman–Crippen MR) is 88.3 cm³/mol. The standard InChI is InChI=1S/C17H21ClN2O3/c18-13-4-6-14(7-5-13)20-10-12(8-16(20)22)17(23)19-9-11-2-1-3-15(11)21/h4-7,11-12,15,21H,1-3,8-10H2,(H,19,23). The van der Waals surface area contributed by atoms with Crippen LogP contribution < -0.4 is 10.2 Å². The normalized spacial score (nSPS) is 27.5. The highest BCUT2D eigenvalue weighted by Gasteiger charge is 2.35. The molecule has 3 unspecified atom stereocenters. The van der Waals surface area contributed by atoms with Crippen molar-refractivity contribution in [1.82, 2.24) is 5.32 Å². The van der Waals surface area contributed by atoms with E-state index in [1.165, 1.54) is 0 Å². The van der Waals surface area contributed by atoms with Gasteiger partial charge in [-0.1, -0.05) is 18.0 Å². The van der Waals surface area contributed by atoms with Gasteiger partial charge >= 0.3 is 0 Å². The molecule has 0 bridgehead atoms. The maximum absolute atomic E-state index is 12.3. The number of hydrogen-bond acceptors (Lipinski definition) is 3. The molecule has 6 heteroatoms. The van der Waals surface area contributed by atoms with Crippen LogP contribution >= 0.6 is 11.6 Å². The van der Waals surface area contributed by atoms with Crippen molar-refractivity contribution in [3.05, 3.63) is 29.3 Å². The van der Waals surface area contributed by atoms with Gasteiger partial charge in [-0.05, 0) is 37.1 Å². The van der Waals surface area contributed by atoms with Gasteiger partial charge in [0.2, 0.25) is 11.8 Å². The minimum Gasteiger partial charge on any atom is -0.393 e. The summed E-state index contributed by atoms with van der Waals surface area (Å²) < 4.78 is 0. The average molecular weight is 337 g/mol. The van der Waals surface area contributed by atoms with Crippen LogP contribution in [0.25, 0.3) is 0 Å². The number of amides is 2. The van der Waals surface area contributed by atoms with Gasteiger partial charge in [0.05, 0.1) is 12.0 Å². The van der Waals surface area contributed by atoms with Crippen molar-refractivity contribution in [2.45, 2.75) is 31.8 Å². The Bertz CT molecular complexity index is 590. The van der Waals surface area contributed by atoms with Crippen LogP contribution in [0.1, 0.15) is 25.7 Å². The summed E-state index contributed by atoms with van der Waals surface area (Å²) in [6, 6.07) is 7.04. The Labute approximate surface area is 140 Å². The molecule has 0 spiro atoms. The molecule has 1 aromatic rings. The van der Waals surface area contributed by atoms with E-state index >= 15 is 0 Å². The molecular formula is C17H21ClN2O3. The highest BCUT2D eigenvalue weighted by Crippen LogP contribution is 2.27. The summed E-state index contributed by atoms with van der Waals surface area (Å²) in [5, 5.41) is 13.3. The Balaban J connectivity index is 1.56. The second kappa shape index (κ2) is 6.89. The van der Waals surface area contributed by atoms with E-state index in [-0.39, 0.29) is 36.2 Å². The molecule has 1 saturated carbocycles. The maximum atomic E-state index is 12.3. The lowest BCUT2D eigenvalue weighted by molar-refractivity contribution is -0.126. The van der Waals surface area contributed by atoms with Crippen LogP contribution in [-0.4, -0.2) is 36.1 Å². The van der Waals surface area contributed by atoms with Crippen molar-refractivity contribution in [1.29, 1.82) is 0 Å². The van der Waals surface area contributed by atoms with Crippen molar-refractivity contribution >= 4 is 29.1 Å². The van der Waals surface area contributed by atoms with E-state index in [1.54, 1.807) is 29.2 Å². The molecule has 1 aliphatic heterocycles. The Hall–Kier alpha value is -1.59. The van der Waals surface area contributed by atoms with Crippen LogP contribution in [-0.2, 0) is 9.59 Å². The van der Waals surface area contributed by atoms with Gasteiger partial charge in [-0.25, -0.2) is 0 Å². The first-order valence-electron chi connectivity index (χ1n) is 8.06. The van der Waals surface area contributed by atoms with E-state index in [2.05, 4.69) is 5.32 Å². The molecule has 0 radical (unpaired) electrons. The van der Waals surface area contributed by atoms with Gasteiger partial charge in [-0.15, -0.1) is 0 Å². The van der Waals surface area contributed by atoms with Gasteiger partial charge in [0.25, 0.3) is 0 Å². The van der Waals surface area contributed by atoms with E-state index in [9.17, 15) is 14.7 Å². The lowest BCUT2D eigenvalue weighted by Gasteiger charge is -2.18. The summed E-state index contributed by atoms with van der Waals surface area (Å²) in [5.74, 6) is -0.345. The number of hydrogen-bond donors (Lipinski definition) is 2. The maximum Gasteiger partial charge on any atom is 0.227 e. The van der Waals surface area contributed by atoms with E-state index in [4.69, 9.17) is 11.6 Å². The van der Waals surface area contributed by atoms with Gasteiger partial charge in [-0.3, -0.25) is 9.59 Å². The first kappa shape index (κ1) is 16.3. The van der Waals surface area contributed by atoms with Gasteiger partial charge < -0.3 is 15.3 Å². The highest BCUT2D eigenvalue weighted by molar-refractivity contribution is 6.30. The van der Waals surface area contributed by atoms with Crippen LogP contribution in [0.5, 0.6) is 0 Å². The zero-order valence-corrected chi connectivity index (χ0v) is 13.6. The molecule has 1 aromatic carbocycles. The molecule has 1 saturated heterocycles. The summed E-state index contributed by atoms with van der Waals surface area (Å²) in [5.41, 5.74) is 0.765. The second-order valence-electron chi connectivity index (χ2n) is 6.39. The fourth-order valence-corrected chi connectivity index (χ4v) is 3.51. The molecule has 2 N–H and O–H groups in total. The van der Waals surface area contributed by atoms with Gasteiger partial charge in [0.1, 0.15) is 0 Å². The number of aliphatic hydroxyl groups excluding tert-OH is 1. The van der Waals surface area contributed by atoms with Crippen molar-refractivity contribution in [3.8, 4) is 0 Å². The van der Waals surface area contributed by atoms with Gasteiger partial charge in [0, 0.05) is 36.1 Å². The molecule has 5 nitrogen and oxygen atoms in total. The van der Waals surface area contributed by atoms with Gasteiger partial charge in [0.15, 0.2) is 0 Å². The number of aliphatic hydroxyl groups is 1. The third kappa shape index (κ3) is 3.67. The van der Waals surface area contributed by atoms with E-state index in [0.29, 0.717) is 18.1 Å². The zero-order chi connectivity index (χ0) is 16.4. The number of halogens is 1. The minimum atomic E-state index is -0.336. The molecule has 3 rings (SSSR count). The SMILES string of the molecule is O=C(NCC1CCCC1O)C1CC(=O)N(c2ccc(Cl)cc2)C1. The molecule has 1 aliphatic carbocycles. The molecule has 23 heavy (non-hydrogen) atoms. The van der Waals surface area contributed by atoms with Crippen LogP contribution in [0, 0.1) is 11.8 Å². The summed E-state index contributed by atoms with van der Waals surface area (Å²) in [6.07, 6.45) is 2.68. The molecule has 2 fully saturated rings. The summed E-state index contributed by atoms with van der Waals surface area (Å²) in [4.78, 5) is 26.1. The summed E-state index contributed by atoms with van der Waals surface area (Å²) in [7, 11) is 0. The van der Waals surface area contributed by atoms with Crippen LogP contribution in [0.15, 0.2) is 24.3 Å². The van der Waals surface area contributed by atoms with Crippen LogP contribution in [0.2, 0.25) is 5.02 Å². The molecular weight excluding hydrogens is 316 g/mol. The van der Waals surface area contributed by atoms with E-state index in [1.807, 2.05) is 0 Å². The van der Waals surface area contributed by atoms with E-state index in [0.717, 1.165) is 24.9 Å². The Morgan fingerprint density at radius 1 is 1.30 bits per heavy atom. The molecule has 1 heterocycles. The van der Waals surface area contributed by atoms with Crippen molar-refractivity contribution in [2.75, 3.05) is 18.0 Å². The number of benzene rings is 1. The largest absolute Gasteiger partial charge is 0.393 e. The van der Waals surface area contributed by atoms with Crippen molar-refractivity contribution in [3.63, 3.8) is 0 Å². The topological polar surface area (TPSA) is 69.6 Å². The first-order valence-corrected chi connectivity index (χ1v) is 8.44. The molecule has 2 amide bonds. The van der Waals surface area contributed by atoms with Crippen LogP contribution in [0.3, 0.4) is 0 Å². The number of carbonyl (C=O) groups is 2. The van der Waals surface area contributed by atoms with Gasteiger partial charge in [-0.2, -0.15) is 0 Å². The summed E-state index contributed by atoms with van der Waals surface area (Å²) >= 11 is 5.86. The van der Waals surface area contributed by atoms with Crippen molar-refractivity contribution in [2.24, 2.45) is 11.8 Å². The predicted octanol–water partition coefficient (Wildman–Crippen LogP) is 1.97. The number of rotatable bonds is 4.